The van der Waals surface area contributed by atoms with Crippen molar-refractivity contribution in [2.75, 3.05) is 26.4 Å². The van der Waals surface area contributed by atoms with E-state index in [2.05, 4.69) is 169 Å². The van der Waals surface area contributed by atoms with Gasteiger partial charge in [-0.1, -0.05) is 210 Å². The SMILES string of the molecule is C=CCO[C@H]1[C@H](O[C@@H]2[C@H]3OC(=O)N[C@@H]3C[C@H](NC(=O)OCc3ccccc3)[C@H]2O[C@H]2O[C@H](CO[Si](C)(C)C(C)(C)C)CC[C@H]2NC(=O)OCc2ccccc2)O[C@H](CO[Si](C)(C)C(C)(C)C)[C@H]1O[C@H]1O[C@@H](CNC(=O)OCc2ccccc2)[C@H](O[Si](C)(C)C(C)(C)C)[C@H](O[Si](C)(C)C(C)(C)C)[C@H]1NC(=O)OCc1ccccc1. The molecule has 626 valence electrons. The van der Waals surface area contributed by atoms with Crippen molar-refractivity contribution in [3.8, 4) is 0 Å². The van der Waals surface area contributed by atoms with Gasteiger partial charge in [0.25, 0.3) is 0 Å². The van der Waals surface area contributed by atoms with Crippen LogP contribution in [-0.2, 0) is 101 Å². The number of ether oxygens (including phenoxy) is 12. The number of hydrogen-bond acceptors (Lipinski definition) is 21. The summed E-state index contributed by atoms with van der Waals surface area (Å²) >= 11 is 0. The lowest BCUT2D eigenvalue weighted by Crippen LogP contribution is -2.71. The van der Waals surface area contributed by atoms with Gasteiger partial charge in [-0.3, -0.25) is 0 Å². The molecule has 1 saturated carbocycles. The molecule has 5 N–H and O–H groups in total. The number of benzene rings is 4. The minimum atomic E-state index is -2.98. The fraction of sp³-hybridized carbons (Fsp3) is 0.627. The molecule has 5 fully saturated rings. The highest BCUT2D eigenvalue weighted by Gasteiger charge is 2.61. The van der Waals surface area contributed by atoms with Crippen molar-refractivity contribution < 1.29 is 98.5 Å². The lowest BCUT2D eigenvalue weighted by molar-refractivity contribution is -0.293. The Morgan fingerprint density at radius 1 is 0.469 bits per heavy atom. The Hall–Kier alpha value is -6.60. The van der Waals surface area contributed by atoms with Crippen molar-refractivity contribution in [3.05, 3.63) is 156 Å². The van der Waals surface area contributed by atoms with Gasteiger partial charge in [0, 0.05) is 6.54 Å². The zero-order valence-electron chi connectivity index (χ0n) is 70.0. The molecular weight excluding hydrogens is 1520 g/mol. The van der Waals surface area contributed by atoms with Crippen molar-refractivity contribution in [1.82, 2.24) is 26.6 Å². The molecule has 0 bridgehead atoms. The van der Waals surface area contributed by atoms with Crippen LogP contribution in [0, 0.1) is 0 Å². The van der Waals surface area contributed by atoms with Crippen LogP contribution in [-0.4, -0.2) is 194 Å². The summed E-state index contributed by atoms with van der Waals surface area (Å²) in [6, 6.07) is 33.1. The van der Waals surface area contributed by atoms with Crippen LogP contribution in [0.2, 0.25) is 72.5 Å². The van der Waals surface area contributed by atoms with E-state index in [4.69, 9.17) is 74.5 Å². The predicted octanol–water partition coefficient (Wildman–Crippen LogP) is 15.2. The summed E-state index contributed by atoms with van der Waals surface area (Å²) < 4.78 is 110. The smallest absolute Gasteiger partial charge is 0.407 e. The maximum absolute atomic E-state index is 15.0. The Bertz CT molecular complexity index is 3720. The van der Waals surface area contributed by atoms with Crippen LogP contribution in [0.5, 0.6) is 0 Å². The number of fused-ring (bicyclic) bond motifs is 1. The zero-order valence-corrected chi connectivity index (χ0v) is 74.0. The standard InChI is InChI=1S/C83H127N5O21Si4/c1-22-45-94-71-67(105-73-64(88-78(92)98-51-57-41-33-26-34-42-57)69(109-113(20,21)83(11,12)13)68(108-112(18,19)82(8,9)10)62(102-73)47-84-75(89)95-48-54-35-27-23-28-36-54)63(53-100-111(16,17)81(5,6)7)103-74(71)106-70-65(60(46-61-66(70)107-79(93)87-61)86-77(91)97-50-56-39-31-25-32-40-56)104-72-59(85-76(90)96-49-55-37-29-24-30-38-55)44-43-58(101-72)52-99-110(14,15)80(2,3)4/h22-42,58-74H,1,43-53H2,2-21H3,(H,84,89)(H,85,90)(H,86,91)(H,87,93)(H,88,92)/t58-,59+,60-,61+,62-,63+,64+,65+,66-,67+,68-,69+,70-,71+,72+,73+,74-/m0/s1. The van der Waals surface area contributed by atoms with E-state index in [9.17, 15) is 19.2 Å². The van der Waals surface area contributed by atoms with Gasteiger partial charge in [0.2, 0.25) is 0 Å². The fourth-order valence-electron chi connectivity index (χ4n) is 12.8. The molecule has 0 unspecified atom stereocenters. The van der Waals surface area contributed by atoms with Crippen LogP contribution in [0.15, 0.2) is 134 Å². The second kappa shape index (κ2) is 38.6. The van der Waals surface area contributed by atoms with Gasteiger partial charge >= 0.3 is 30.5 Å². The number of amides is 5. The van der Waals surface area contributed by atoms with E-state index in [-0.39, 0.29) is 74.3 Å². The molecule has 5 aliphatic rings. The largest absolute Gasteiger partial charge is 0.445 e. The molecule has 26 nitrogen and oxygen atoms in total. The van der Waals surface area contributed by atoms with Crippen LogP contribution < -0.4 is 26.6 Å². The van der Waals surface area contributed by atoms with Gasteiger partial charge in [0.05, 0.1) is 50.2 Å². The topological polar surface area (TPSA) is 293 Å². The maximum atomic E-state index is 15.0. The Morgan fingerprint density at radius 2 is 0.894 bits per heavy atom. The molecule has 4 saturated heterocycles. The first-order valence-electron chi connectivity index (χ1n) is 39.6. The van der Waals surface area contributed by atoms with Crippen molar-refractivity contribution in [1.29, 1.82) is 0 Å². The molecule has 4 aromatic rings. The van der Waals surface area contributed by atoms with Gasteiger partial charge < -0.3 is 101 Å². The number of carbonyl (C=O) groups is 5. The summed E-state index contributed by atoms with van der Waals surface area (Å²) in [6.45, 7) is 46.2. The summed E-state index contributed by atoms with van der Waals surface area (Å²) in [7, 11) is -10.9. The van der Waals surface area contributed by atoms with Crippen molar-refractivity contribution >= 4 is 63.7 Å². The van der Waals surface area contributed by atoms with E-state index in [1.54, 1.807) is 6.08 Å². The van der Waals surface area contributed by atoms with Gasteiger partial charge in [0.1, 0.15) is 75.2 Å². The summed E-state index contributed by atoms with van der Waals surface area (Å²) in [4.78, 5) is 71.8. The molecular formula is C83H127N5O21Si4. The van der Waals surface area contributed by atoms with Crippen LogP contribution in [0.1, 0.15) is 125 Å². The van der Waals surface area contributed by atoms with Crippen LogP contribution in [0.4, 0.5) is 24.0 Å². The zero-order chi connectivity index (χ0) is 82.5. The van der Waals surface area contributed by atoms with Gasteiger partial charge in [-0.25, -0.2) is 24.0 Å². The highest BCUT2D eigenvalue weighted by Crippen LogP contribution is 2.47. The third-order valence-electron chi connectivity index (χ3n) is 23.7. The van der Waals surface area contributed by atoms with Crippen molar-refractivity contribution in [2.45, 2.75) is 305 Å². The minimum absolute atomic E-state index is 0.0183. The normalized spacial score (nSPS) is 27.2. The first kappa shape index (κ1) is 90.3. The highest BCUT2D eigenvalue weighted by molar-refractivity contribution is 6.75. The van der Waals surface area contributed by atoms with Gasteiger partial charge in [-0.05, 0) is 114 Å². The Morgan fingerprint density at radius 3 is 1.37 bits per heavy atom. The number of nitrogens with one attached hydrogen (secondary N) is 5. The number of hydrogen-bond donors (Lipinski definition) is 5. The van der Waals surface area contributed by atoms with E-state index < -0.39 is 173 Å². The molecule has 1 aliphatic carbocycles. The Labute approximate surface area is 673 Å². The summed E-state index contributed by atoms with van der Waals surface area (Å²) in [5.41, 5.74) is 3.01. The van der Waals surface area contributed by atoms with Crippen LogP contribution in [0.25, 0.3) is 0 Å². The quantitative estimate of drug-likeness (QED) is 0.0172. The minimum Gasteiger partial charge on any atom is -0.445 e. The average molecular weight is 1640 g/mol. The third kappa shape index (κ3) is 24.7. The van der Waals surface area contributed by atoms with E-state index in [0.717, 1.165) is 22.3 Å². The number of alkyl carbamates (subject to hydrolysis) is 5. The van der Waals surface area contributed by atoms with Gasteiger partial charge in [0.15, 0.2) is 58.2 Å². The second-order valence-corrected chi connectivity index (χ2v) is 55.3. The van der Waals surface area contributed by atoms with Crippen molar-refractivity contribution in [2.24, 2.45) is 0 Å². The lowest BCUT2D eigenvalue weighted by Gasteiger charge is -2.53. The first-order chi connectivity index (χ1) is 53.0. The van der Waals surface area contributed by atoms with E-state index in [1.165, 1.54) is 0 Å². The molecule has 4 aliphatic heterocycles. The molecule has 0 aromatic heterocycles. The number of carbonyl (C=O) groups excluding carboxylic acids is 5. The van der Waals surface area contributed by atoms with E-state index in [0.29, 0.717) is 12.8 Å². The lowest BCUT2D eigenvalue weighted by atomic mass is 9.83. The summed E-state index contributed by atoms with van der Waals surface area (Å²) in [6.07, 6.45) is -17.1. The van der Waals surface area contributed by atoms with Gasteiger partial charge in [-0.2, -0.15) is 0 Å². The molecule has 5 amide bonds. The molecule has 0 radical (unpaired) electrons. The molecule has 4 heterocycles. The second-order valence-electron chi connectivity index (χ2n) is 36.2. The highest BCUT2D eigenvalue weighted by atomic mass is 28.4. The average Bonchev–Trinajstić information content (AvgIpc) is 1.72. The monoisotopic (exact) mass is 1640 g/mol. The molecule has 0 spiro atoms. The van der Waals surface area contributed by atoms with Crippen molar-refractivity contribution in [3.63, 3.8) is 0 Å². The van der Waals surface area contributed by atoms with Gasteiger partial charge in [-0.15, -0.1) is 6.58 Å². The maximum Gasteiger partial charge on any atom is 0.407 e. The van der Waals surface area contributed by atoms with E-state index >= 15 is 4.79 Å². The number of rotatable bonds is 32. The molecule has 17 atom stereocenters. The summed E-state index contributed by atoms with van der Waals surface area (Å²) in [5, 5.41) is 14.0. The third-order valence-corrected chi connectivity index (χ3v) is 41.6. The molecule has 4 aromatic carbocycles. The van der Waals surface area contributed by atoms with E-state index in [1.807, 2.05) is 121 Å². The molecule has 9 rings (SSSR count). The first-order valence-corrected chi connectivity index (χ1v) is 51.3. The molecule has 30 heteroatoms. The fourth-order valence-corrected chi connectivity index (χ4v) is 17.5. The Kier molecular flexibility index (Phi) is 30.9. The molecule has 113 heavy (non-hydrogen) atoms. The Balaban J connectivity index is 1.17. The van der Waals surface area contributed by atoms with Crippen LogP contribution in [0.3, 0.4) is 0 Å². The predicted molar refractivity (Wildman–Crippen MR) is 437 cm³/mol. The van der Waals surface area contributed by atoms with Crippen LogP contribution >= 0.6 is 0 Å². The summed E-state index contributed by atoms with van der Waals surface area (Å²) in [5.74, 6) is 0.